The average Bonchev–Trinajstić information content (AvgIpc) is 3.65. The summed E-state index contributed by atoms with van der Waals surface area (Å²) >= 11 is 0. The molecule has 2 atom stereocenters. The van der Waals surface area contributed by atoms with E-state index in [0.29, 0.717) is 19.6 Å². The van der Waals surface area contributed by atoms with Crippen molar-refractivity contribution in [2.75, 3.05) is 26.2 Å². The van der Waals surface area contributed by atoms with E-state index in [1.165, 1.54) is 6.08 Å². The van der Waals surface area contributed by atoms with Crippen molar-refractivity contribution in [2.24, 2.45) is 5.92 Å². The van der Waals surface area contributed by atoms with Gasteiger partial charge < -0.3 is 14.8 Å². The standard InChI is InChI=1S/C26H27N7O2/c1-2-24(34)31-11-4-5-18(16-31)26(35)32-12-8-17(15-32)22-13-20-19(7-10-27-25(20)30-22)21-14-29-33-23(21)6-3-9-28-33/h2-3,6-7,9-10,13-14,17-18H,1,4-5,8,11-12,15-16H2,(H,27,30). The molecule has 35 heavy (non-hydrogen) atoms. The van der Waals surface area contributed by atoms with Crippen LogP contribution in [0.4, 0.5) is 0 Å². The lowest BCUT2D eigenvalue weighted by Gasteiger charge is -2.33. The third-order valence-electron chi connectivity index (χ3n) is 7.34. The van der Waals surface area contributed by atoms with E-state index in [4.69, 9.17) is 0 Å². The Bertz CT molecular complexity index is 1440. The maximum atomic E-state index is 13.3. The number of piperidine rings is 1. The van der Waals surface area contributed by atoms with E-state index in [0.717, 1.165) is 59.2 Å². The normalized spacial score (nSPS) is 20.6. The fraction of sp³-hybridized carbons (Fsp3) is 0.346. The SMILES string of the molecule is C=CC(=O)N1CCCC(C(=O)N2CCC(c3cc4c(-c5cnn6ncccc56)ccnc4[nH]3)C2)C1. The molecule has 2 saturated heterocycles. The number of H-pyrrole nitrogens is 1. The predicted molar refractivity (Wildman–Crippen MR) is 132 cm³/mol. The molecule has 2 unspecified atom stereocenters. The molecule has 9 nitrogen and oxygen atoms in total. The molecule has 6 rings (SSSR count). The number of aromatic nitrogens is 5. The monoisotopic (exact) mass is 469 g/mol. The van der Waals surface area contributed by atoms with Crippen LogP contribution in [0, 0.1) is 5.92 Å². The highest BCUT2D eigenvalue weighted by Crippen LogP contribution is 2.35. The topological polar surface area (TPSA) is 99.5 Å². The van der Waals surface area contributed by atoms with Crippen molar-refractivity contribution in [2.45, 2.75) is 25.2 Å². The minimum atomic E-state index is -0.133. The number of pyridine rings is 1. The van der Waals surface area contributed by atoms with Gasteiger partial charge >= 0.3 is 0 Å². The first-order valence-electron chi connectivity index (χ1n) is 12.1. The zero-order chi connectivity index (χ0) is 23.9. The molecule has 4 aromatic rings. The van der Waals surface area contributed by atoms with Crippen LogP contribution in [0.1, 0.15) is 30.9 Å². The molecule has 0 saturated carbocycles. The van der Waals surface area contributed by atoms with Gasteiger partial charge in [-0.1, -0.05) is 6.58 Å². The number of carbonyl (C=O) groups is 2. The second-order valence-electron chi connectivity index (χ2n) is 9.40. The van der Waals surface area contributed by atoms with Crippen LogP contribution in [0.5, 0.6) is 0 Å². The molecule has 9 heteroatoms. The lowest BCUT2D eigenvalue weighted by Crippen LogP contribution is -2.45. The van der Waals surface area contributed by atoms with Crippen LogP contribution in [0.25, 0.3) is 27.7 Å². The van der Waals surface area contributed by atoms with Crippen LogP contribution in [-0.4, -0.2) is 72.6 Å². The van der Waals surface area contributed by atoms with Crippen LogP contribution < -0.4 is 0 Å². The third-order valence-corrected chi connectivity index (χ3v) is 7.34. The second-order valence-corrected chi connectivity index (χ2v) is 9.40. The van der Waals surface area contributed by atoms with Gasteiger partial charge in [0.2, 0.25) is 11.8 Å². The molecule has 2 amide bonds. The first-order valence-corrected chi connectivity index (χ1v) is 12.1. The first kappa shape index (κ1) is 21.5. The van der Waals surface area contributed by atoms with Crippen LogP contribution in [0.2, 0.25) is 0 Å². The number of amides is 2. The molecule has 0 spiro atoms. The van der Waals surface area contributed by atoms with Crippen molar-refractivity contribution in [3.63, 3.8) is 0 Å². The fourth-order valence-corrected chi connectivity index (χ4v) is 5.52. The van der Waals surface area contributed by atoms with Crippen molar-refractivity contribution < 1.29 is 9.59 Å². The molecule has 0 radical (unpaired) electrons. The van der Waals surface area contributed by atoms with Gasteiger partial charge in [-0.15, -0.1) is 0 Å². The Hall–Kier alpha value is -4.01. The number of likely N-dealkylation sites (tertiary alicyclic amines) is 2. The summed E-state index contributed by atoms with van der Waals surface area (Å²) in [4.78, 5) is 37.1. The number of aromatic amines is 1. The maximum Gasteiger partial charge on any atom is 0.245 e. The summed E-state index contributed by atoms with van der Waals surface area (Å²) in [5.74, 6) is 0.153. The van der Waals surface area contributed by atoms with E-state index in [1.807, 2.05) is 35.5 Å². The fourth-order valence-electron chi connectivity index (χ4n) is 5.52. The summed E-state index contributed by atoms with van der Waals surface area (Å²) in [6, 6.07) is 8.09. The highest BCUT2D eigenvalue weighted by molar-refractivity contribution is 5.97. The second kappa shape index (κ2) is 8.65. The Morgan fingerprint density at radius 3 is 2.86 bits per heavy atom. The highest BCUT2D eigenvalue weighted by Gasteiger charge is 2.35. The first-order chi connectivity index (χ1) is 17.1. The Morgan fingerprint density at radius 1 is 1.06 bits per heavy atom. The molecule has 1 N–H and O–H groups in total. The van der Waals surface area contributed by atoms with Gasteiger partial charge in [0.15, 0.2) is 0 Å². The Kier molecular flexibility index (Phi) is 5.32. The van der Waals surface area contributed by atoms with Crippen LogP contribution >= 0.6 is 0 Å². The van der Waals surface area contributed by atoms with Crippen molar-refractivity contribution in [1.82, 2.24) is 34.6 Å². The molecule has 2 fully saturated rings. The molecule has 0 bridgehead atoms. The Labute approximate surface area is 202 Å². The van der Waals surface area contributed by atoms with E-state index in [1.54, 1.807) is 15.7 Å². The minimum absolute atomic E-state index is 0.0924. The molecule has 0 aliphatic carbocycles. The summed E-state index contributed by atoms with van der Waals surface area (Å²) < 4.78 is 1.63. The number of nitrogens with zero attached hydrogens (tertiary/aromatic N) is 6. The summed E-state index contributed by atoms with van der Waals surface area (Å²) in [6.45, 7) is 6.16. The van der Waals surface area contributed by atoms with Gasteiger partial charge in [-0.2, -0.15) is 14.8 Å². The van der Waals surface area contributed by atoms with Crippen LogP contribution in [-0.2, 0) is 9.59 Å². The summed E-state index contributed by atoms with van der Waals surface area (Å²) in [7, 11) is 0. The molecule has 6 heterocycles. The van der Waals surface area contributed by atoms with E-state index in [-0.39, 0.29) is 23.7 Å². The molecular weight excluding hydrogens is 442 g/mol. The summed E-state index contributed by atoms with van der Waals surface area (Å²) in [5, 5.41) is 9.70. The zero-order valence-corrected chi connectivity index (χ0v) is 19.4. The molecule has 0 aromatic carbocycles. The van der Waals surface area contributed by atoms with Gasteiger partial charge in [-0.25, -0.2) is 4.98 Å². The lowest BCUT2D eigenvalue weighted by atomic mass is 9.96. The number of carbonyl (C=O) groups excluding carboxylic acids is 2. The molecule has 178 valence electrons. The van der Waals surface area contributed by atoms with Crippen LogP contribution in [0.15, 0.2) is 55.5 Å². The van der Waals surface area contributed by atoms with Crippen LogP contribution in [0.3, 0.4) is 0 Å². The lowest BCUT2D eigenvalue weighted by molar-refractivity contribution is -0.138. The third kappa shape index (κ3) is 3.77. The number of hydrogen-bond donors (Lipinski definition) is 1. The van der Waals surface area contributed by atoms with Crippen molar-refractivity contribution in [3.05, 3.63) is 61.2 Å². The molecule has 2 aliphatic rings. The number of hydrogen-bond acceptors (Lipinski definition) is 5. The van der Waals surface area contributed by atoms with Gasteiger partial charge in [-0.05, 0) is 55.2 Å². The van der Waals surface area contributed by atoms with E-state index in [2.05, 4.69) is 32.8 Å². The molecule has 2 aliphatic heterocycles. The van der Waals surface area contributed by atoms with E-state index in [9.17, 15) is 9.59 Å². The highest BCUT2D eigenvalue weighted by atomic mass is 16.2. The Balaban J connectivity index is 1.22. The Morgan fingerprint density at radius 2 is 1.97 bits per heavy atom. The smallest absolute Gasteiger partial charge is 0.245 e. The van der Waals surface area contributed by atoms with Crippen molar-refractivity contribution in [3.8, 4) is 11.1 Å². The van der Waals surface area contributed by atoms with E-state index < -0.39 is 0 Å². The van der Waals surface area contributed by atoms with Crippen molar-refractivity contribution in [1.29, 1.82) is 0 Å². The van der Waals surface area contributed by atoms with Gasteiger partial charge in [0.05, 0.1) is 17.6 Å². The van der Waals surface area contributed by atoms with E-state index >= 15 is 0 Å². The quantitative estimate of drug-likeness (QED) is 0.463. The zero-order valence-electron chi connectivity index (χ0n) is 19.4. The largest absolute Gasteiger partial charge is 0.343 e. The van der Waals surface area contributed by atoms with Gasteiger partial charge in [-0.3, -0.25) is 9.59 Å². The number of fused-ring (bicyclic) bond motifs is 2. The number of nitrogens with one attached hydrogen (secondary N) is 1. The van der Waals surface area contributed by atoms with Gasteiger partial charge in [0.1, 0.15) is 5.65 Å². The van der Waals surface area contributed by atoms with Gasteiger partial charge in [0, 0.05) is 61.1 Å². The summed E-state index contributed by atoms with van der Waals surface area (Å²) in [5.41, 5.74) is 4.93. The number of rotatable bonds is 4. The average molecular weight is 470 g/mol. The maximum absolute atomic E-state index is 13.3. The van der Waals surface area contributed by atoms with Gasteiger partial charge in [0.25, 0.3) is 0 Å². The minimum Gasteiger partial charge on any atom is -0.343 e. The van der Waals surface area contributed by atoms with Crippen molar-refractivity contribution >= 4 is 28.4 Å². The summed E-state index contributed by atoms with van der Waals surface area (Å²) in [6.07, 6.45) is 9.27. The molecular formula is C26H27N7O2. The predicted octanol–water partition coefficient (Wildman–Crippen LogP) is 3.01. The molecule has 4 aromatic heterocycles.